The van der Waals surface area contributed by atoms with Gasteiger partial charge in [0.1, 0.15) is 22.9 Å². The van der Waals surface area contributed by atoms with Crippen LogP contribution in [0.3, 0.4) is 0 Å². The summed E-state index contributed by atoms with van der Waals surface area (Å²) in [7, 11) is 0. The number of hydrogen-bond donors (Lipinski definition) is 0. The van der Waals surface area contributed by atoms with Gasteiger partial charge in [-0.2, -0.15) is 10.1 Å². The fraction of sp³-hybridized carbons (Fsp3) is 0.0426. The van der Waals surface area contributed by atoms with Crippen LogP contribution in [0.2, 0.25) is 0 Å². The van der Waals surface area contributed by atoms with Gasteiger partial charge in [-0.05, 0) is 102 Å². The van der Waals surface area contributed by atoms with Crippen LogP contribution >= 0.6 is 0 Å². The Morgan fingerprint density at radius 2 is 1.16 bits per heavy atom. The normalized spacial score (nSPS) is 11.5. The lowest BCUT2D eigenvalue weighted by molar-refractivity contribution is 0.431. The van der Waals surface area contributed by atoms with Crippen molar-refractivity contribution in [2.75, 3.05) is 0 Å². The monoisotopic (exact) mass is 721 g/mol. The van der Waals surface area contributed by atoms with E-state index in [4.69, 9.17) is 14.8 Å². The number of hydrogen-bond acceptors (Lipinski definition) is 4. The van der Waals surface area contributed by atoms with Gasteiger partial charge in [-0.25, -0.2) is 8.78 Å². The van der Waals surface area contributed by atoms with Crippen LogP contribution in [0.4, 0.5) is 8.78 Å². The van der Waals surface area contributed by atoms with Gasteiger partial charge >= 0.3 is 6.01 Å². The van der Waals surface area contributed by atoms with Gasteiger partial charge in [-0.3, -0.25) is 14.2 Å². The van der Waals surface area contributed by atoms with Gasteiger partial charge in [-0.1, -0.05) is 97.1 Å². The molecule has 0 aliphatic heterocycles. The first kappa shape index (κ1) is 33.6. The molecular formula is C47H33F2N5O. The number of halogens is 2. The van der Waals surface area contributed by atoms with Crippen molar-refractivity contribution in [2.24, 2.45) is 0 Å². The fourth-order valence-corrected chi connectivity index (χ4v) is 7.32. The van der Waals surface area contributed by atoms with Crippen molar-refractivity contribution in [1.29, 1.82) is 0 Å². The predicted octanol–water partition coefficient (Wildman–Crippen LogP) is 11.2. The fourth-order valence-electron chi connectivity index (χ4n) is 7.32. The van der Waals surface area contributed by atoms with Gasteiger partial charge in [0.2, 0.25) is 0 Å². The third-order valence-electron chi connectivity index (χ3n) is 9.93. The van der Waals surface area contributed by atoms with Crippen LogP contribution in [0, 0.1) is 18.6 Å². The van der Waals surface area contributed by atoms with Crippen molar-refractivity contribution in [1.82, 2.24) is 24.3 Å². The average molecular weight is 722 g/mol. The maximum Gasteiger partial charge on any atom is 0.307 e. The molecule has 0 spiro atoms. The standard InChI is InChI=1S/C47H33F2N5O/c1-32-44(18-11-29-50-32)55-46-51-42-28-21-34(30-43(42)54(46)40-26-24-39(49)25-27-40)41-31-53(52-45(41)33-19-22-38(48)23-20-33)47(35-12-5-2-6-13-35,36-14-7-3-8-15-36)37-16-9-4-10-17-37/h2-31H,1H3. The molecule has 3 heterocycles. The largest absolute Gasteiger partial charge is 0.423 e. The summed E-state index contributed by atoms with van der Waals surface area (Å²) in [4.78, 5) is 9.28. The minimum atomic E-state index is -0.889. The van der Waals surface area contributed by atoms with Crippen LogP contribution in [0.15, 0.2) is 182 Å². The van der Waals surface area contributed by atoms with E-state index in [0.29, 0.717) is 34.4 Å². The van der Waals surface area contributed by atoms with E-state index in [9.17, 15) is 8.78 Å². The Morgan fingerprint density at radius 3 is 1.75 bits per heavy atom. The average Bonchev–Trinajstić information content (AvgIpc) is 3.83. The lowest BCUT2D eigenvalue weighted by Gasteiger charge is -2.36. The summed E-state index contributed by atoms with van der Waals surface area (Å²) in [6.45, 7) is 1.87. The molecule has 0 unspecified atom stereocenters. The highest BCUT2D eigenvalue weighted by Crippen LogP contribution is 2.44. The zero-order chi connectivity index (χ0) is 37.4. The zero-order valence-electron chi connectivity index (χ0n) is 29.7. The Kier molecular flexibility index (Phi) is 8.55. The Morgan fingerprint density at radius 1 is 0.600 bits per heavy atom. The number of ether oxygens (including phenoxy) is 1. The molecule has 0 atom stereocenters. The molecule has 0 fully saturated rings. The first-order valence-corrected chi connectivity index (χ1v) is 17.9. The highest BCUT2D eigenvalue weighted by atomic mass is 19.1. The van der Waals surface area contributed by atoms with Gasteiger partial charge in [0, 0.05) is 23.5 Å². The third kappa shape index (κ3) is 6.03. The van der Waals surface area contributed by atoms with Crippen LogP contribution in [0.1, 0.15) is 22.4 Å². The Bertz CT molecular complexity index is 2650. The predicted molar refractivity (Wildman–Crippen MR) is 211 cm³/mol. The summed E-state index contributed by atoms with van der Waals surface area (Å²) in [5.74, 6) is -0.132. The van der Waals surface area contributed by atoms with E-state index in [2.05, 4.69) is 47.6 Å². The Hall–Kier alpha value is -7.19. The van der Waals surface area contributed by atoms with Crippen molar-refractivity contribution in [3.8, 4) is 39.8 Å². The summed E-state index contributed by atoms with van der Waals surface area (Å²) >= 11 is 0. The van der Waals surface area contributed by atoms with Gasteiger partial charge in [-0.15, -0.1) is 0 Å². The molecule has 9 rings (SSSR count). The van der Waals surface area contributed by atoms with Gasteiger partial charge in [0.25, 0.3) is 0 Å². The quantitative estimate of drug-likeness (QED) is 0.139. The number of benzene rings is 6. The smallest absolute Gasteiger partial charge is 0.307 e. The van der Waals surface area contributed by atoms with Crippen LogP contribution in [0.25, 0.3) is 39.1 Å². The van der Waals surface area contributed by atoms with Gasteiger partial charge in [0.05, 0.1) is 22.4 Å². The number of aryl methyl sites for hydroxylation is 1. The summed E-state index contributed by atoms with van der Waals surface area (Å²) in [5.41, 5.74) is 8.03. The molecule has 0 N–H and O–H groups in total. The third-order valence-corrected chi connectivity index (χ3v) is 9.93. The van der Waals surface area contributed by atoms with E-state index in [1.165, 1.54) is 24.3 Å². The first-order chi connectivity index (χ1) is 27.0. The number of fused-ring (bicyclic) bond motifs is 1. The van der Waals surface area contributed by atoms with Gasteiger partial charge < -0.3 is 4.74 Å². The molecule has 55 heavy (non-hydrogen) atoms. The molecule has 0 saturated carbocycles. The minimum absolute atomic E-state index is 0.306. The molecule has 6 nitrogen and oxygen atoms in total. The second-order valence-electron chi connectivity index (χ2n) is 13.3. The van der Waals surface area contributed by atoms with Gasteiger partial charge in [0.15, 0.2) is 5.75 Å². The van der Waals surface area contributed by atoms with E-state index < -0.39 is 5.54 Å². The summed E-state index contributed by atoms with van der Waals surface area (Å²) in [5, 5.41) is 5.43. The Balaban J connectivity index is 1.32. The van der Waals surface area contributed by atoms with Crippen molar-refractivity contribution in [3.05, 3.63) is 216 Å². The zero-order valence-corrected chi connectivity index (χ0v) is 29.7. The molecule has 3 aromatic heterocycles. The number of nitrogens with zero attached hydrogens (tertiary/aromatic N) is 5. The van der Waals surface area contributed by atoms with Crippen LogP contribution < -0.4 is 4.74 Å². The van der Waals surface area contributed by atoms with E-state index in [0.717, 1.165) is 38.9 Å². The van der Waals surface area contributed by atoms with Crippen molar-refractivity contribution >= 4 is 11.0 Å². The second kappa shape index (κ2) is 14.0. The van der Waals surface area contributed by atoms with E-state index in [-0.39, 0.29) is 11.6 Å². The number of imidazole rings is 1. The van der Waals surface area contributed by atoms with Crippen LogP contribution in [-0.4, -0.2) is 24.3 Å². The summed E-state index contributed by atoms with van der Waals surface area (Å²) in [6.07, 6.45) is 3.78. The summed E-state index contributed by atoms with van der Waals surface area (Å²) in [6, 6.07) is 53.6. The second-order valence-corrected chi connectivity index (χ2v) is 13.3. The molecule has 9 aromatic rings. The van der Waals surface area contributed by atoms with E-state index >= 15 is 0 Å². The van der Waals surface area contributed by atoms with Crippen LogP contribution in [0.5, 0.6) is 11.8 Å². The van der Waals surface area contributed by atoms with Crippen LogP contribution in [-0.2, 0) is 5.54 Å². The molecule has 6 aromatic carbocycles. The molecule has 8 heteroatoms. The van der Waals surface area contributed by atoms with E-state index in [1.54, 1.807) is 36.5 Å². The molecule has 0 bridgehead atoms. The molecule has 0 aliphatic carbocycles. The number of rotatable bonds is 9. The number of pyridine rings is 1. The topological polar surface area (TPSA) is 57.8 Å². The first-order valence-electron chi connectivity index (χ1n) is 17.9. The molecule has 0 aliphatic rings. The maximum absolute atomic E-state index is 14.4. The maximum atomic E-state index is 14.4. The van der Waals surface area contributed by atoms with Crippen molar-refractivity contribution in [2.45, 2.75) is 12.5 Å². The minimum Gasteiger partial charge on any atom is -0.423 e. The molecule has 0 radical (unpaired) electrons. The van der Waals surface area contributed by atoms with E-state index in [1.807, 2.05) is 95.0 Å². The lowest BCUT2D eigenvalue weighted by Crippen LogP contribution is -2.38. The lowest BCUT2D eigenvalue weighted by atomic mass is 9.77. The molecular weight excluding hydrogens is 689 g/mol. The SMILES string of the molecule is Cc1ncccc1Oc1nc2ccc(-c3cn(C(c4ccccc4)(c4ccccc4)c4ccccc4)nc3-c3ccc(F)cc3)cc2n1-c1ccc(F)cc1. The molecule has 0 amide bonds. The highest BCUT2D eigenvalue weighted by molar-refractivity contribution is 5.89. The van der Waals surface area contributed by atoms with Crippen molar-refractivity contribution in [3.63, 3.8) is 0 Å². The summed E-state index contributed by atoms with van der Waals surface area (Å²) < 4.78 is 38.9. The Labute approximate surface area is 316 Å². The number of aromatic nitrogens is 5. The molecule has 0 saturated heterocycles. The van der Waals surface area contributed by atoms with Crippen molar-refractivity contribution < 1.29 is 13.5 Å². The highest BCUT2D eigenvalue weighted by Gasteiger charge is 2.40. The molecule has 266 valence electrons.